The van der Waals surface area contributed by atoms with Crippen LogP contribution in [0.5, 0.6) is 0 Å². The van der Waals surface area contributed by atoms with Crippen LogP contribution in [0.4, 0.5) is 5.82 Å². The molecule has 0 fully saturated rings. The zero-order valence-corrected chi connectivity index (χ0v) is 8.72. The Morgan fingerprint density at radius 3 is 3.20 bits per heavy atom. The minimum atomic E-state index is 0.879. The number of hydrogen-bond donors (Lipinski definition) is 0. The molecule has 0 N–H and O–H groups in total. The summed E-state index contributed by atoms with van der Waals surface area (Å²) in [6, 6.07) is 1.97. The first-order valence-electron chi connectivity index (χ1n) is 5.27. The van der Waals surface area contributed by atoms with Gasteiger partial charge in [0.1, 0.15) is 0 Å². The van der Waals surface area contributed by atoms with E-state index in [-0.39, 0.29) is 0 Å². The Morgan fingerprint density at radius 1 is 1.33 bits per heavy atom. The first-order chi connectivity index (χ1) is 7.34. The summed E-state index contributed by atoms with van der Waals surface area (Å²) in [5.74, 6) is 1.80. The predicted octanol–water partition coefficient (Wildman–Crippen LogP) is 1.16. The third-order valence-electron chi connectivity index (χ3n) is 2.65. The Labute approximate surface area is 88.1 Å². The van der Waals surface area contributed by atoms with Gasteiger partial charge in [-0.15, -0.1) is 0 Å². The van der Waals surface area contributed by atoms with Crippen LogP contribution in [-0.2, 0) is 0 Å². The van der Waals surface area contributed by atoms with Crippen molar-refractivity contribution < 1.29 is 0 Å². The molecule has 1 aromatic rings. The Morgan fingerprint density at radius 2 is 2.27 bits per heavy atom. The highest BCUT2D eigenvalue weighted by Crippen LogP contribution is 2.19. The van der Waals surface area contributed by atoms with Gasteiger partial charge in [0, 0.05) is 19.2 Å². The van der Waals surface area contributed by atoms with Crippen LogP contribution in [0.2, 0.25) is 0 Å². The minimum absolute atomic E-state index is 0.879. The molecule has 0 saturated heterocycles. The van der Waals surface area contributed by atoms with Crippen LogP contribution in [0.1, 0.15) is 18.5 Å². The van der Waals surface area contributed by atoms with E-state index in [0.717, 1.165) is 43.4 Å². The minimum Gasteiger partial charge on any atom is -0.301 e. The molecule has 0 aromatic carbocycles. The molecule has 0 saturated carbocycles. The predicted molar refractivity (Wildman–Crippen MR) is 58.8 cm³/mol. The fourth-order valence-corrected chi connectivity index (χ4v) is 1.92. The molecule has 0 bridgehead atoms. The second kappa shape index (κ2) is 3.18. The van der Waals surface area contributed by atoms with Gasteiger partial charge in [-0.25, -0.2) is 4.99 Å². The summed E-state index contributed by atoms with van der Waals surface area (Å²) in [5.41, 5.74) is 0.982. The van der Waals surface area contributed by atoms with Crippen LogP contribution in [-0.4, -0.2) is 40.1 Å². The normalized spacial score (nSPS) is 19.3. The highest BCUT2D eigenvalue weighted by molar-refractivity contribution is 5.96. The van der Waals surface area contributed by atoms with Crippen LogP contribution >= 0.6 is 0 Å². The molecule has 2 aliphatic heterocycles. The molecule has 1 aromatic heterocycles. The number of hydrogen-bond acceptors (Lipinski definition) is 4. The zero-order chi connectivity index (χ0) is 10.3. The van der Waals surface area contributed by atoms with Crippen molar-refractivity contribution in [3.63, 3.8) is 0 Å². The van der Waals surface area contributed by atoms with E-state index in [2.05, 4.69) is 20.0 Å². The standard InChI is InChI=1S/C10H13N5/c1-8-6-9-12-7-14-5-3-2-4-11-10(14)15(9)13-8/h6-7H,2-5H2,1H3. The van der Waals surface area contributed by atoms with Crippen molar-refractivity contribution >= 4 is 18.1 Å². The van der Waals surface area contributed by atoms with E-state index in [0.29, 0.717) is 0 Å². The average molecular weight is 203 g/mol. The van der Waals surface area contributed by atoms with Gasteiger partial charge < -0.3 is 4.90 Å². The number of nitrogens with zero attached hydrogens (tertiary/aromatic N) is 5. The van der Waals surface area contributed by atoms with Gasteiger partial charge in [-0.3, -0.25) is 4.99 Å². The fraction of sp³-hybridized carbons (Fsp3) is 0.500. The SMILES string of the molecule is Cc1cc2n(n1)C1=NCCCCN1C=N2. The van der Waals surface area contributed by atoms with Crippen molar-refractivity contribution in [3.8, 4) is 0 Å². The van der Waals surface area contributed by atoms with E-state index in [1.165, 1.54) is 0 Å². The third-order valence-corrected chi connectivity index (χ3v) is 2.65. The summed E-state index contributed by atoms with van der Waals surface area (Å²) in [4.78, 5) is 11.0. The van der Waals surface area contributed by atoms with Gasteiger partial charge in [0.25, 0.3) is 0 Å². The maximum Gasteiger partial charge on any atom is 0.229 e. The molecular weight excluding hydrogens is 190 g/mol. The van der Waals surface area contributed by atoms with Gasteiger partial charge in [0.2, 0.25) is 5.96 Å². The van der Waals surface area contributed by atoms with Crippen LogP contribution in [0.3, 0.4) is 0 Å². The first-order valence-corrected chi connectivity index (χ1v) is 5.27. The molecule has 3 rings (SSSR count). The van der Waals surface area contributed by atoms with Crippen molar-refractivity contribution in [2.24, 2.45) is 9.98 Å². The lowest BCUT2D eigenvalue weighted by molar-refractivity contribution is 0.565. The number of aliphatic imine (C=N–C) groups is 2. The van der Waals surface area contributed by atoms with Gasteiger partial charge in [-0.1, -0.05) is 0 Å². The lowest BCUT2D eigenvalue weighted by Gasteiger charge is -2.22. The highest BCUT2D eigenvalue weighted by atomic mass is 15.5. The lowest BCUT2D eigenvalue weighted by Crippen LogP contribution is -2.37. The van der Waals surface area contributed by atoms with Crippen molar-refractivity contribution in [1.29, 1.82) is 0 Å². The summed E-state index contributed by atoms with van der Waals surface area (Å²) < 4.78 is 1.83. The quantitative estimate of drug-likeness (QED) is 0.635. The molecule has 78 valence electrons. The number of aryl methyl sites for hydroxylation is 1. The van der Waals surface area contributed by atoms with E-state index < -0.39 is 0 Å². The second-order valence-electron chi connectivity index (χ2n) is 3.88. The molecule has 0 atom stereocenters. The van der Waals surface area contributed by atoms with Crippen molar-refractivity contribution in [3.05, 3.63) is 11.8 Å². The largest absolute Gasteiger partial charge is 0.301 e. The molecule has 5 heteroatoms. The van der Waals surface area contributed by atoms with Gasteiger partial charge in [0.15, 0.2) is 5.82 Å². The van der Waals surface area contributed by atoms with E-state index in [4.69, 9.17) is 0 Å². The van der Waals surface area contributed by atoms with Gasteiger partial charge in [0.05, 0.1) is 12.0 Å². The Bertz CT molecular complexity index is 443. The van der Waals surface area contributed by atoms with Gasteiger partial charge in [-0.05, 0) is 19.8 Å². The summed E-state index contributed by atoms with van der Waals surface area (Å²) >= 11 is 0. The number of fused-ring (bicyclic) bond motifs is 3. The maximum absolute atomic E-state index is 4.55. The molecule has 0 aliphatic carbocycles. The van der Waals surface area contributed by atoms with Crippen LogP contribution < -0.4 is 0 Å². The molecule has 2 aliphatic rings. The molecular formula is C10H13N5. The second-order valence-corrected chi connectivity index (χ2v) is 3.88. The summed E-state index contributed by atoms with van der Waals surface area (Å²) in [5, 5.41) is 4.41. The fourth-order valence-electron chi connectivity index (χ4n) is 1.92. The molecule has 0 amide bonds. The van der Waals surface area contributed by atoms with Crippen molar-refractivity contribution in [1.82, 2.24) is 14.7 Å². The van der Waals surface area contributed by atoms with E-state index in [1.54, 1.807) is 0 Å². The Hall–Kier alpha value is -1.65. The highest BCUT2D eigenvalue weighted by Gasteiger charge is 2.21. The van der Waals surface area contributed by atoms with Crippen molar-refractivity contribution in [2.75, 3.05) is 13.1 Å². The third kappa shape index (κ3) is 1.35. The van der Waals surface area contributed by atoms with E-state index in [1.807, 2.05) is 24.0 Å². The number of aromatic nitrogens is 2. The van der Waals surface area contributed by atoms with Crippen LogP contribution in [0.25, 0.3) is 0 Å². The van der Waals surface area contributed by atoms with E-state index in [9.17, 15) is 0 Å². The Balaban J connectivity index is 2.11. The number of rotatable bonds is 0. The van der Waals surface area contributed by atoms with Gasteiger partial charge >= 0.3 is 0 Å². The van der Waals surface area contributed by atoms with Gasteiger partial charge in [-0.2, -0.15) is 9.78 Å². The molecule has 0 radical (unpaired) electrons. The van der Waals surface area contributed by atoms with Crippen LogP contribution in [0.15, 0.2) is 16.1 Å². The van der Waals surface area contributed by atoms with Crippen molar-refractivity contribution in [2.45, 2.75) is 19.8 Å². The zero-order valence-electron chi connectivity index (χ0n) is 8.72. The average Bonchev–Trinajstić information content (AvgIpc) is 2.48. The summed E-state index contributed by atoms with van der Waals surface area (Å²) in [7, 11) is 0. The molecule has 5 nitrogen and oxygen atoms in total. The molecule has 3 heterocycles. The molecule has 0 spiro atoms. The monoisotopic (exact) mass is 203 g/mol. The topological polar surface area (TPSA) is 45.8 Å². The first kappa shape index (κ1) is 8.64. The Kier molecular flexibility index (Phi) is 1.83. The van der Waals surface area contributed by atoms with E-state index >= 15 is 0 Å². The lowest BCUT2D eigenvalue weighted by atomic mass is 10.3. The summed E-state index contributed by atoms with van der Waals surface area (Å²) in [6.07, 6.45) is 4.17. The smallest absolute Gasteiger partial charge is 0.229 e. The van der Waals surface area contributed by atoms with Crippen LogP contribution in [0, 0.1) is 6.92 Å². The molecule has 15 heavy (non-hydrogen) atoms. The summed E-state index contributed by atoms with van der Waals surface area (Å²) in [6.45, 7) is 3.85. The maximum atomic E-state index is 4.55. The molecule has 0 unspecified atom stereocenters.